The first-order valence-corrected chi connectivity index (χ1v) is 5.36. The van der Waals surface area contributed by atoms with Crippen LogP contribution in [0.15, 0.2) is 18.2 Å². The summed E-state index contributed by atoms with van der Waals surface area (Å²) in [6, 6.07) is 4.60. The fourth-order valence-corrected chi connectivity index (χ4v) is 1.66. The minimum Gasteiger partial charge on any atom is -0.330 e. The summed E-state index contributed by atoms with van der Waals surface area (Å²) in [6.07, 6.45) is 0.542. The van der Waals surface area contributed by atoms with Gasteiger partial charge in [-0.3, -0.25) is 10.1 Å². The molecule has 2 N–H and O–H groups in total. The first-order valence-electron chi connectivity index (χ1n) is 4.98. The quantitative estimate of drug-likeness (QED) is 0.652. The standard InChI is InChI=1S/C11H15ClN2O2/c1-11(2,7-13)6-8-5-9(12)3-4-10(8)14(15)16/h3-5H,6-7,13H2,1-2H3. The van der Waals surface area contributed by atoms with Crippen LogP contribution >= 0.6 is 11.6 Å². The van der Waals surface area contributed by atoms with Crippen LogP contribution in [-0.2, 0) is 6.42 Å². The van der Waals surface area contributed by atoms with Crippen LogP contribution in [0.3, 0.4) is 0 Å². The van der Waals surface area contributed by atoms with E-state index in [1.165, 1.54) is 12.1 Å². The Morgan fingerprint density at radius 2 is 2.12 bits per heavy atom. The minimum absolute atomic E-state index is 0.103. The summed E-state index contributed by atoms with van der Waals surface area (Å²) >= 11 is 5.84. The average molecular weight is 243 g/mol. The zero-order valence-corrected chi connectivity index (χ0v) is 10.1. The Morgan fingerprint density at radius 1 is 1.50 bits per heavy atom. The molecule has 1 rings (SSSR count). The van der Waals surface area contributed by atoms with Gasteiger partial charge in [0.25, 0.3) is 5.69 Å². The first-order chi connectivity index (χ1) is 7.35. The zero-order valence-electron chi connectivity index (χ0n) is 9.37. The van der Waals surface area contributed by atoms with Crippen LogP contribution in [-0.4, -0.2) is 11.5 Å². The molecule has 16 heavy (non-hydrogen) atoms. The Kier molecular flexibility index (Phi) is 3.88. The predicted octanol–water partition coefficient (Wildman–Crippen LogP) is 2.78. The maximum absolute atomic E-state index is 10.8. The number of halogens is 1. The van der Waals surface area contributed by atoms with Crippen LogP contribution in [0.2, 0.25) is 5.02 Å². The van der Waals surface area contributed by atoms with Gasteiger partial charge >= 0.3 is 0 Å². The van der Waals surface area contributed by atoms with Crippen molar-refractivity contribution in [2.24, 2.45) is 11.1 Å². The van der Waals surface area contributed by atoms with E-state index in [1.54, 1.807) is 6.07 Å². The van der Waals surface area contributed by atoms with E-state index in [0.29, 0.717) is 23.6 Å². The molecule has 0 unspecified atom stereocenters. The molecule has 0 aromatic heterocycles. The normalized spacial score (nSPS) is 11.5. The summed E-state index contributed by atoms with van der Waals surface area (Å²) in [5.41, 5.74) is 6.18. The lowest BCUT2D eigenvalue weighted by Crippen LogP contribution is -2.26. The third-order valence-corrected chi connectivity index (χ3v) is 2.69. The fourth-order valence-electron chi connectivity index (χ4n) is 1.46. The van der Waals surface area contributed by atoms with Crippen molar-refractivity contribution < 1.29 is 4.92 Å². The number of nitrogens with zero attached hydrogens (tertiary/aromatic N) is 1. The first kappa shape index (κ1) is 12.9. The van der Waals surface area contributed by atoms with Crippen molar-refractivity contribution >= 4 is 17.3 Å². The van der Waals surface area contributed by atoms with Crippen molar-refractivity contribution in [1.82, 2.24) is 0 Å². The molecule has 0 atom stereocenters. The van der Waals surface area contributed by atoms with Crippen molar-refractivity contribution in [3.05, 3.63) is 38.9 Å². The molecule has 88 valence electrons. The molecule has 0 saturated carbocycles. The van der Waals surface area contributed by atoms with Crippen LogP contribution in [0.25, 0.3) is 0 Å². The second-order valence-electron chi connectivity index (χ2n) is 4.58. The Labute approximate surface area is 99.6 Å². The van der Waals surface area contributed by atoms with Crippen molar-refractivity contribution in [3.63, 3.8) is 0 Å². The number of rotatable bonds is 4. The molecule has 0 amide bonds. The van der Waals surface area contributed by atoms with Crippen LogP contribution in [0.4, 0.5) is 5.69 Å². The highest BCUT2D eigenvalue weighted by Crippen LogP contribution is 2.29. The molecule has 0 fully saturated rings. The topological polar surface area (TPSA) is 69.2 Å². The third-order valence-electron chi connectivity index (χ3n) is 2.46. The summed E-state index contributed by atoms with van der Waals surface area (Å²) in [4.78, 5) is 10.4. The molecule has 0 aliphatic rings. The molecular formula is C11H15ClN2O2. The molecule has 0 bridgehead atoms. The third kappa shape index (κ3) is 3.18. The van der Waals surface area contributed by atoms with Crippen molar-refractivity contribution in [2.45, 2.75) is 20.3 Å². The molecule has 4 nitrogen and oxygen atoms in total. The van der Waals surface area contributed by atoms with Crippen LogP contribution in [0.1, 0.15) is 19.4 Å². The van der Waals surface area contributed by atoms with E-state index in [-0.39, 0.29) is 11.1 Å². The van der Waals surface area contributed by atoms with E-state index < -0.39 is 4.92 Å². The highest BCUT2D eigenvalue weighted by Gasteiger charge is 2.22. The number of nitro benzene ring substituents is 1. The van der Waals surface area contributed by atoms with Gasteiger partial charge in [-0.2, -0.15) is 0 Å². The van der Waals surface area contributed by atoms with E-state index in [1.807, 2.05) is 13.8 Å². The highest BCUT2D eigenvalue weighted by atomic mass is 35.5. The van der Waals surface area contributed by atoms with E-state index in [9.17, 15) is 10.1 Å². The SMILES string of the molecule is CC(C)(CN)Cc1cc(Cl)ccc1[N+](=O)[O-]. The smallest absolute Gasteiger partial charge is 0.272 e. The van der Waals surface area contributed by atoms with Gasteiger partial charge in [0.15, 0.2) is 0 Å². The van der Waals surface area contributed by atoms with Gasteiger partial charge in [-0.1, -0.05) is 25.4 Å². The second kappa shape index (κ2) is 4.80. The number of hydrogen-bond donors (Lipinski definition) is 1. The summed E-state index contributed by atoms with van der Waals surface area (Å²) in [5, 5.41) is 11.3. The molecule has 1 aromatic carbocycles. The Hall–Kier alpha value is -1.13. The maximum Gasteiger partial charge on any atom is 0.272 e. The van der Waals surface area contributed by atoms with Gasteiger partial charge in [-0.25, -0.2) is 0 Å². The van der Waals surface area contributed by atoms with Gasteiger partial charge in [0.05, 0.1) is 4.92 Å². The number of nitro groups is 1. The molecule has 1 aromatic rings. The molecule has 0 radical (unpaired) electrons. The Balaban J connectivity index is 3.10. The molecular weight excluding hydrogens is 228 g/mol. The van der Waals surface area contributed by atoms with E-state index in [2.05, 4.69) is 0 Å². The fraction of sp³-hybridized carbons (Fsp3) is 0.455. The van der Waals surface area contributed by atoms with Crippen molar-refractivity contribution in [3.8, 4) is 0 Å². The molecule has 0 heterocycles. The summed E-state index contributed by atoms with van der Waals surface area (Å²) in [5.74, 6) is 0. The number of nitrogens with two attached hydrogens (primary N) is 1. The largest absolute Gasteiger partial charge is 0.330 e. The molecule has 0 aliphatic carbocycles. The van der Waals surface area contributed by atoms with E-state index in [4.69, 9.17) is 17.3 Å². The molecule has 0 spiro atoms. The van der Waals surface area contributed by atoms with Gasteiger partial charge in [-0.15, -0.1) is 0 Å². The van der Waals surface area contributed by atoms with Crippen LogP contribution in [0, 0.1) is 15.5 Å². The Bertz CT molecular complexity index is 405. The second-order valence-corrected chi connectivity index (χ2v) is 5.01. The van der Waals surface area contributed by atoms with Gasteiger partial charge in [0, 0.05) is 16.7 Å². The van der Waals surface area contributed by atoms with Crippen LogP contribution in [0.5, 0.6) is 0 Å². The molecule has 0 aliphatic heterocycles. The lowest BCUT2D eigenvalue weighted by molar-refractivity contribution is -0.385. The van der Waals surface area contributed by atoms with E-state index >= 15 is 0 Å². The van der Waals surface area contributed by atoms with Gasteiger partial charge in [0.1, 0.15) is 0 Å². The number of hydrogen-bond acceptors (Lipinski definition) is 3. The predicted molar refractivity (Wildman–Crippen MR) is 64.6 cm³/mol. The van der Waals surface area contributed by atoms with Gasteiger partial charge in [-0.05, 0) is 30.5 Å². The van der Waals surface area contributed by atoms with Gasteiger partial charge < -0.3 is 5.73 Å². The van der Waals surface area contributed by atoms with Crippen molar-refractivity contribution in [1.29, 1.82) is 0 Å². The maximum atomic E-state index is 10.8. The average Bonchev–Trinajstić information content (AvgIpc) is 2.16. The molecule has 0 saturated heterocycles. The summed E-state index contributed by atoms with van der Waals surface area (Å²) in [6.45, 7) is 4.41. The highest BCUT2D eigenvalue weighted by molar-refractivity contribution is 6.30. The minimum atomic E-state index is -0.391. The summed E-state index contributed by atoms with van der Waals surface area (Å²) in [7, 11) is 0. The van der Waals surface area contributed by atoms with Gasteiger partial charge in [0.2, 0.25) is 0 Å². The summed E-state index contributed by atoms with van der Waals surface area (Å²) < 4.78 is 0. The van der Waals surface area contributed by atoms with Crippen LogP contribution < -0.4 is 5.73 Å². The number of benzene rings is 1. The monoisotopic (exact) mass is 242 g/mol. The van der Waals surface area contributed by atoms with Crippen molar-refractivity contribution in [2.75, 3.05) is 6.54 Å². The zero-order chi connectivity index (χ0) is 12.3. The Morgan fingerprint density at radius 3 is 2.62 bits per heavy atom. The lowest BCUT2D eigenvalue weighted by atomic mass is 9.85. The molecule has 5 heteroatoms. The lowest BCUT2D eigenvalue weighted by Gasteiger charge is -2.22. The van der Waals surface area contributed by atoms with E-state index in [0.717, 1.165) is 0 Å².